The third-order valence-electron chi connectivity index (χ3n) is 5.18. The fraction of sp³-hybridized carbons (Fsp3) is 0.556. The van der Waals surface area contributed by atoms with Gasteiger partial charge in [0, 0.05) is 20.1 Å². The molecule has 0 spiro atoms. The van der Waals surface area contributed by atoms with E-state index in [9.17, 15) is 38.0 Å². The van der Waals surface area contributed by atoms with Gasteiger partial charge in [0.05, 0.1) is 17.6 Å². The Balaban J connectivity index is 2.55. The van der Waals surface area contributed by atoms with Crippen molar-refractivity contribution >= 4 is 17.6 Å². The summed E-state index contributed by atoms with van der Waals surface area (Å²) in [5.41, 5.74) is -4.60. The number of urea groups is 1. The second-order valence-corrected chi connectivity index (χ2v) is 7.00. The molecule has 1 aliphatic carbocycles. The molecule has 1 aromatic rings. The first-order chi connectivity index (χ1) is 13.9. The van der Waals surface area contributed by atoms with Gasteiger partial charge in [-0.25, -0.2) is 4.79 Å². The predicted octanol–water partition coefficient (Wildman–Crippen LogP) is 3.78. The van der Waals surface area contributed by atoms with Gasteiger partial charge in [0.1, 0.15) is 5.56 Å². The van der Waals surface area contributed by atoms with Crippen LogP contribution in [0.3, 0.4) is 0 Å². The molecule has 166 valence electrons. The number of phenols is 1. The fourth-order valence-electron chi connectivity index (χ4n) is 3.52. The number of rotatable bonds is 4. The number of nitrogens with zero attached hydrogens (tertiary/aromatic N) is 3. The minimum absolute atomic E-state index is 0.192. The highest BCUT2D eigenvalue weighted by Gasteiger charge is 2.44. The number of methoxy groups -OCH3 is 1. The summed E-state index contributed by atoms with van der Waals surface area (Å²) in [6, 6.07) is -0.800. The molecule has 2 rings (SSSR count). The number of imide groups is 1. The van der Waals surface area contributed by atoms with Crippen molar-refractivity contribution in [3.8, 4) is 11.5 Å². The normalized spacial score (nSPS) is 14.9. The molecule has 0 bridgehead atoms. The van der Waals surface area contributed by atoms with E-state index in [0.717, 1.165) is 33.4 Å². The fourth-order valence-corrected chi connectivity index (χ4v) is 3.52. The van der Waals surface area contributed by atoms with Gasteiger partial charge in [0.2, 0.25) is 5.75 Å². The number of benzene rings is 1. The Labute approximate surface area is 170 Å². The molecule has 30 heavy (non-hydrogen) atoms. The number of nitro benzene ring substituents is 1. The number of carbonyl (C=O) groups is 2. The number of carbonyl (C=O) groups excluding carboxylic acids is 2. The van der Waals surface area contributed by atoms with Gasteiger partial charge in [-0.05, 0) is 18.9 Å². The van der Waals surface area contributed by atoms with Gasteiger partial charge in [-0.15, -0.1) is 0 Å². The molecule has 0 heterocycles. The molecule has 0 aromatic heterocycles. The second kappa shape index (κ2) is 8.76. The third kappa shape index (κ3) is 4.41. The Morgan fingerprint density at radius 1 is 1.23 bits per heavy atom. The second-order valence-electron chi connectivity index (χ2n) is 7.00. The summed E-state index contributed by atoms with van der Waals surface area (Å²) < 4.78 is 45.3. The first kappa shape index (κ1) is 23.2. The Kier molecular flexibility index (Phi) is 6.78. The van der Waals surface area contributed by atoms with Gasteiger partial charge in [0.15, 0.2) is 5.75 Å². The zero-order valence-corrected chi connectivity index (χ0v) is 16.7. The van der Waals surface area contributed by atoms with Gasteiger partial charge in [-0.2, -0.15) is 13.2 Å². The summed E-state index contributed by atoms with van der Waals surface area (Å²) >= 11 is 0. The van der Waals surface area contributed by atoms with Crippen molar-refractivity contribution in [2.24, 2.45) is 0 Å². The minimum atomic E-state index is -5.18. The highest BCUT2D eigenvalue weighted by atomic mass is 19.4. The number of ether oxygens (including phenoxy) is 1. The largest absolute Gasteiger partial charge is 0.499 e. The molecule has 1 aliphatic rings. The zero-order valence-electron chi connectivity index (χ0n) is 16.7. The minimum Gasteiger partial charge on any atom is -0.499 e. The van der Waals surface area contributed by atoms with Crippen LogP contribution in [-0.4, -0.2) is 59.0 Å². The molecule has 0 radical (unpaired) electrons. The van der Waals surface area contributed by atoms with Gasteiger partial charge < -0.3 is 14.7 Å². The van der Waals surface area contributed by atoms with Crippen LogP contribution in [0, 0.1) is 10.1 Å². The molecule has 0 aliphatic heterocycles. The van der Waals surface area contributed by atoms with Crippen LogP contribution in [0.1, 0.15) is 48.0 Å². The first-order valence-corrected chi connectivity index (χ1v) is 9.12. The molecule has 1 aromatic carbocycles. The number of halogens is 3. The summed E-state index contributed by atoms with van der Waals surface area (Å²) in [6.45, 7) is 0. The van der Waals surface area contributed by atoms with Crippen LogP contribution >= 0.6 is 0 Å². The smallest absolute Gasteiger partial charge is 0.417 e. The lowest BCUT2D eigenvalue weighted by Crippen LogP contribution is -2.47. The quantitative estimate of drug-likeness (QED) is 0.571. The van der Waals surface area contributed by atoms with E-state index in [1.165, 1.54) is 11.9 Å². The summed E-state index contributed by atoms with van der Waals surface area (Å²) in [6.07, 6.45) is -1.08. The van der Waals surface area contributed by atoms with Crippen molar-refractivity contribution in [3.05, 3.63) is 27.3 Å². The lowest BCUT2D eigenvalue weighted by atomic mass is 9.94. The number of aromatic hydroxyl groups is 1. The molecule has 9 nitrogen and oxygen atoms in total. The van der Waals surface area contributed by atoms with Crippen molar-refractivity contribution in [2.45, 2.75) is 44.3 Å². The average Bonchev–Trinajstić information content (AvgIpc) is 2.70. The van der Waals surface area contributed by atoms with Crippen molar-refractivity contribution in [2.75, 3.05) is 21.2 Å². The van der Waals surface area contributed by atoms with Gasteiger partial charge >= 0.3 is 17.9 Å². The number of amides is 3. The van der Waals surface area contributed by atoms with E-state index >= 15 is 0 Å². The molecule has 12 heteroatoms. The average molecular weight is 433 g/mol. The first-order valence-electron chi connectivity index (χ1n) is 9.12. The molecular weight excluding hydrogens is 411 g/mol. The van der Waals surface area contributed by atoms with Gasteiger partial charge in [0.25, 0.3) is 5.91 Å². The highest BCUT2D eigenvalue weighted by molar-refractivity contribution is 6.08. The Hall–Kier alpha value is -3.05. The van der Waals surface area contributed by atoms with E-state index in [1.54, 1.807) is 0 Å². The molecular formula is C18H22F3N3O6. The number of alkyl halides is 3. The lowest BCUT2D eigenvalue weighted by molar-refractivity contribution is -0.386. The summed E-state index contributed by atoms with van der Waals surface area (Å²) in [5.74, 6) is -3.61. The van der Waals surface area contributed by atoms with E-state index in [-0.39, 0.29) is 6.04 Å². The Bertz CT molecular complexity index is 853. The number of nitro groups is 1. The van der Waals surface area contributed by atoms with E-state index in [4.69, 9.17) is 0 Å². The SMILES string of the molecule is COc1cc(C(F)(F)F)c(C(=O)N(C)C(=O)N(C)C2CCCCC2)c([N+](=O)[O-])c1O. The van der Waals surface area contributed by atoms with Crippen LogP contribution < -0.4 is 4.74 Å². The maximum Gasteiger partial charge on any atom is 0.417 e. The van der Waals surface area contributed by atoms with Crippen LogP contribution in [0.2, 0.25) is 0 Å². The van der Waals surface area contributed by atoms with E-state index in [0.29, 0.717) is 23.8 Å². The zero-order chi connectivity index (χ0) is 22.8. The van der Waals surface area contributed by atoms with Crippen LogP contribution in [0.25, 0.3) is 0 Å². The monoisotopic (exact) mass is 433 g/mol. The van der Waals surface area contributed by atoms with E-state index < -0.39 is 51.4 Å². The van der Waals surface area contributed by atoms with E-state index in [2.05, 4.69) is 4.74 Å². The van der Waals surface area contributed by atoms with Crippen molar-refractivity contribution in [3.63, 3.8) is 0 Å². The highest BCUT2D eigenvalue weighted by Crippen LogP contribution is 2.46. The van der Waals surface area contributed by atoms with Crippen molar-refractivity contribution in [1.82, 2.24) is 9.80 Å². The maximum atomic E-state index is 13.6. The number of hydrogen-bond donors (Lipinski definition) is 1. The molecule has 1 N–H and O–H groups in total. The van der Waals surface area contributed by atoms with Crippen LogP contribution in [0.4, 0.5) is 23.7 Å². The molecule has 1 saturated carbocycles. The van der Waals surface area contributed by atoms with Crippen molar-refractivity contribution in [1.29, 1.82) is 0 Å². The third-order valence-corrected chi connectivity index (χ3v) is 5.18. The van der Waals surface area contributed by atoms with Crippen LogP contribution in [0.5, 0.6) is 11.5 Å². The summed E-state index contributed by atoms with van der Waals surface area (Å²) in [5, 5.41) is 21.4. The van der Waals surface area contributed by atoms with Crippen molar-refractivity contribution < 1.29 is 37.5 Å². The molecule has 3 amide bonds. The number of hydrogen-bond acceptors (Lipinski definition) is 6. The van der Waals surface area contributed by atoms with Gasteiger partial charge in [-0.1, -0.05) is 19.3 Å². The topological polar surface area (TPSA) is 113 Å². The maximum absolute atomic E-state index is 13.6. The van der Waals surface area contributed by atoms with Crippen LogP contribution in [-0.2, 0) is 6.18 Å². The Morgan fingerprint density at radius 2 is 1.80 bits per heavy atom. The van der Waals surface area contributed by atoms with Crippen LogP contribution in [0.15, 0.2) is 6.07 Å². The van der Waals surface area contributed by atoms with Gasteiger partial charge in [-0.3, -0.25) is 19.8 Å². The summed E-state index contributed by atoms with van der Waals surface area (Å²) in [4.78, 5) is 37.3. The Morgan fingerprint density at radius 3 is 2.27 bits per heavy atom. The lowest BCUT2D eigenvalue weighted by Gasteiger charge is -2.33. The molecule has 0 saturated heterocycles. The molecule has 1 fully saturated rings. The number of phenolic OH excluding ortho intramolecular Hbond substituents is 1. The standard InChI is InChI=1S/C18H22F3N3O6/c1-22(10-7-5-4-6-8-10)17(27)23(2)16(26)13-11(18(19,20)21)9-12(30-3)15(25)14(13)24(28)29/h9-10,25H,4-8H2,1-3H3. The predicted molar refractivity (Wildman–Crippen MR) is 98.4 cm³/mol. The summed E-state index contributed by atoms with van der Waals surface area (Å²) in [7, 11) is 3.27. The molecule has 0 unspecified atom stereocenters. The molecule has 0 atom stereocenters. The van der Waals surface area contributed by atoms with E-state index in [1.807, 2.05) is 0 Å².